The molecule has 0 unspecified atom stereocenters. The fourth-order valence-electron chi connectivity index (χ4n) is 2.19. The third-order valence-electron chi connectivity index (χ3n) is 3.38. The molecule has 4 N–H and O–H groups in total. The summed E-state index contributed by atoms with van der Waals surface area (Å²) in [6.45, 7) is 5.17. The van der Waals surface area contributed by atoms with Crippen molar-refractivity contribution in [3.63, 3.8) is 0 Å². The molecule has 2 rings (SSSR count). The van der Waals surface area contributed by atoms with Gasteiger partial charge in [0.15, 0.2) is 0 Å². The highest BCUT2D eigenvalue weighted by Crippen LogP contribution is 2.28. The van der Waals surface area contributed by atoms with Gasteiger partial charge in [0, 0.05) is 13.2 Å². The maximum Gasteiger partial charge on any atom is 0.239 e. The van der Waals surface area contributed by atoms with Crippen LogP contribution in [0.25, 0.3) is 0 Å². The van der Waals surface area contributed by atoms with Crippen LogP contribution < -0.4 is 15.8 Å². The zero-order valence-corrected chi connectivity index (χ0v) is 12.1. The highest BCUT2D eigenvalue weighted by atomic mass is 16.5. The molecule has 6 heteroatoms. The molecule has 0 radical (unpaired) electrons. The number of ether oxygens (including phenoxy) is 2. The van der Waals surface area contributed by atoms with Gasteiger partial charge in [0.2, 0.25) is 5.88 Å². The Balaban J connectivity index is 2.15. The van der Waals surface area contributed by atoms with Gasteiger partial charge in [-0.2, -0.15) is 4.98 Å². The summed E-state index contributed by atoms with van der Waals surface area (Å²) in [6, 6.07) is 3.56. The van der Waals surface area contributed by atoms with E-state index >= 15 is 0 Å². The van der Waals surface area contributed by atoms with Gasteiger partial charge in [0.05, 0.1) is 23.9 Å². The first-order valence-corrected chi connectivity index (χ1v) is 6.95. The minimum Gasteiger partial charge on any atom is -0.473 e. The van der Waals surface area contributed by atoms with E-state index in [-0.39, 0.29) is 18.2 Å². The van der Waals surface area contributed by atoms with Crippen LogP contribution in [0.5, 0.6) is 5.88 Å². The van der Waals surface area contributed by atoms with E-state index in [0.717, 1.165) is 12.8 Å². The summed E-state index contributed by atoms with van der Waals surface area (Å²) in [4.78, 5) is 4.39. The van der Waals surface area contributed by atoms with Crippen LogP contribution in [0.15, 0.2) is 12.1 Å². The largest absolute Gasteiger partial charge is 0.473 e. The number of pyridine rings is 1. The average Bonchev–Trinajstić information content (AvgIpc) is 2.43. The van der Waals surface area contributed by atoms with Gasteiger partial charge in [0.25, 0.3) is 0 Å². The highest BCUT2D eigenvalue weighted by molar-refractivity contribution is 5.54. The molecule has 1 aliphatic heterocycles. The second-order valence-electron chi connectivity index (χ2n) is 5.43. The second kappa shape index (κ2) is 6.28. The summed E-state index contributed by atoms with van der Waals surface area (Å²) >= 11 is 0. The number of rotatable bonds is 5. The van der Waals surface area contributed by atoms with Crippen molar-refractivity contribution in [2.45, 2.75) is 38.3 Å². The first kappa shape index (κ1) is 14.9. The number of anilines is 2. The SMILES string of the molecule is CC(C)Oc1nc(NC2(CO)CCOCC2)ccc1N. The van der Waals surface area contributed by atoms with Gasteiger partial charge in [0.1, 0.15) is 5.82 Å². The third kappa shape index (κ3) is 3.52. The van der Waals surface area contributed by atoms with E-state index in [4.69, 9.17) is 15.2 Å². The van der Waals surface area contributed by atoms with Gasteiger partial charge in [-0.15, -0.1) is 0 Å². The highest BCUT2D eigenvalue weighted by Gasteiger charge is 2.32. The lowest BCUT2D eigenvalue weighted by atomic mass is 9.91. The smallest absolute Gasteiger partial charge is 0.239 e. The van der Waals surface area contributed by atoms with Gasteiger partial charge < -0.3 is 25.6 Å². The van der Waals surface area contributed by atoms with Crippen LogP contribution in [0, 0.1) is 0 Å². The molecule has 1 fully saturated rings. The normalized spacial score (nSPS) is 18.0. The van der Waals surface area contributed by atoms with Gasteiger partial charge in [-0.25, -0.2) is 0 Å². The maximum atomic E-state index is 9.67. The summed E-state index contributed by atoms with van der Waals surface area (Å²) in [7, 11) is 0. The Morgan fingerprint density at radius 3 is 2.75 bits per heavy atom. The Morgan fingerprint density at radius 2 is 2.15 bits per heavy atom. The number of nitrogens with two attached hydrogens (primary N) is 1. The van der Waals surface area contributed by atoms with Gasteiger partial charge in [-0.1, -0.05) is 0 Å². The lowest BCUT2D eigenvalue weighted by molar-refractivity contribution is 0.0378. The fourth-order valence-corrected chi connectivity index (χ4v) is 2.19. The third-order valence-corrected chi connectivity index (χ3v) is 3.38. The molecule has 20 heavy (non-hydrogen) atoms. The van der Waals surface area contributed by atoms with Crippen molar-refractivity contribution in [2.24, 2.45) is 0 Å². The number of nitrogens with zero attached hydrogens (tertiary/aromatic N) is 1. The Bertz CT molecular complexity index is 445. The van der Waals surface area contributed by atoms with Crippen LogP contribution in [0.2, 0.25) is 0 Å². The molecule has 0 atom stereocenters. The number of nitrogens with one attached hydrogen (secondary N) is 1. The number of aromatic nitrogens is 1. The van der Waals surface area contributed by atoms with Crippen LogP contribution in [0.4, 0.5) is 11.5 Å². The second-order valence-corrected chi connectivity index (χ2v) is 5.43. The fraction of sp³-hybridized carbons (Fsp3) is 0.643. The number of aliphatic hydroxyl groups excluding tert-OH is 1. The predicted octanol–water partition coefficient (Wildman–Crippen LogP) is 1.40. The molecule has 0 bridgehead atoms. The zero-order valence-electron chi connectivity index (χ0n) is 12.1. The molecule has 2 heterocycles. The van der Waals surface area contributed by atoms with Crippen molar-refractivity contribution in [1.82, 2.24) is 4.98 Å². The Kier molecular flexibility index (Phi) is 4.67. The van der Waals surface area contributed by atoms with Crippen molar-refractivity contribution in [3.05, 3.63) is 12.1 Å². The van der Waals surface area contributed by atoms with Crippen molar-refractivity contribution < 1.29 is 14.6 Å². The van der Waals surface area contributed by atoms with Crippen LogP contribution in [-0.2, 0) is 4.74 Å². The maximum absolute atomic E-state index is 9.67. The van der Waals surface area contributed by atoms with E-state index in [1.807, 2.05) is 13.8 Å². The predicted molar refractivity (Wildman–Crippen MR) is 77.9 cm³/mol. The molecule has 0 spiro atoms. The Morgan fingerprint density at radius 1 is 1.45 bits per heavy atom. The molecule has 0 amide bonds. The van der Waals surface area contributed by atoms with E-state index in [2.05, 4.69) is 10.3 Å². The number of hydrogen-bond acceptors (Lipinski definition) is 6. The average molecular weight is 281 g/mol. The van der Waals surface area contributed by atoms with Crippen LogP contribution in [-0.4, -0.2) is 41.6 Å². The van der Waals surface area contributed by atoms with Crippen molar-refractivity contribution in [2.75, 3.05) is 30.9 Å². The molecular formula is C14H23N3O3. The van der Waals surface area contributed by atoms with E-state index < -0.39 is 0 Å². The molecule has 1 saturated heterocycles. The number of nitrogen functional groups attached to an aromatic ring is 1. The molecule has 0 aliphatic carbocycles. The lowest BCUT2D eigenvalue weighted by Crippen LogP contribution is -2.47. The van der Waals surface area contributed by atoms with Crippen molar-refractivity contribution >= 4 is 11.5 Å². The summed E-state index contributed by atoms with van der Waals surface area (Å²) < 4.78 is 10.9. The van der Waals surface area contributed by atoms with E-state index in [9.17, 15) is 5.11 Å². The van der Waals surface area contributed by atoms with E-state index in [1.165, 1.54) is 0 Å². The quantitative estimate of drug-likeness (QED) is 0.756. The van der Waals surface area contributed by atoms with Gasteiger partial charge in [-0.05, 0) is 38.8 Å². The Labute approximate surface area is 119 Å². The Hall–Kier alpha value is -1.53. The van der Waals surface area contributed by atoms with Crippen LogP contribution in [0.1, 0.15) is 26.7 Å². The molecule has 1 aromatic rings. The molecule has 1 aliphatic rings. The zero-order chi connectivity index (χ0) is 14.6. The molecule has 0 aromatic carbocycles. The summed E-state index contributed by atoms with van der Waals surface area (Å²) in [6.07, 6.45) is 1.50. The lowest BCUT2D eigenvalue weighted by Gasteiger charge is -2.36. The van der Waals surface area contributed by atoms with Crippen LogP contribution in [0.3, 0.4) is 0 Å². The number of hydrogen-bond donors (Lipinski definition) is 3. The molecule has 6 nitrogen and oxygen atoms in total. The first-order valence-electron chi connectivity index (χ1n) is 6.95. The summed E-state index contributed by atoms with van der Waals surface area (Å²) in [5.74, 6) is 1.08. The van der Waals surface area contributed by atoms with E-state index in [0.29, 0.717) is 30.6 Å². The van der Waals surface area contributed by atoms with Gasteiger partial charge >= 0.3 is 0 Å². The standard InChI is InChI=1S/C14H23N3O3/c1-10(2)20-13-11(15)3-4-12(16-13)17-14(9-18)5-7-19-8-6-14/h3-4,10,18H,5-9,15H2,1-2H3,(H,16,17). The van der Waals surface area contributed by atoms with Crippen molar-refractivity contribution in [1.29, 1.82) is 0 Å². The molecule has 112 valence electrons. The monoisotopic (exact) mass is 281 g/mol. The minimum absolute atomic E-state index is 0.00920. The first-order chi connectivity index (χ1) is 9.54. The summed E-state index contributed by atoms with van der Waals surface area (Å²) in [5, 5.41) is 13.0. The summed E-state index contributed by atoms with van der Waals surface area (Å²) in [5.41, 5.74) is 5.98. The topological polar surface area (TPSA) is 89.6 Å². The molecule has 0 saturated carbocycles. The molecular weight excluding hydrogens is 258 g/mol. The van der Waals surface area contributed by atoms with Crippen LogP contribution >= 0.6 is 0 Å². The minimum atomic E-state index is -0.379. The molecule has 1 aromatic heterocycles. The number of aliphatic hydroxyl groups is 1. The van der Waals surface area contributed by atoms with Gasteiger partial charge in [-0.3, -0.25) is 0 Å². The van der Waals surface area contributed by atoms with E-state index in [1.54, 1.807) is 12.1 Å². The van der Waals surface area contributed by atoms with Crippen molar-refractivity contribution in [3.8, 4) is 5.88 Å².